The Labute approximate surface area is 284 Å². The first-order valence-corrected chi connectivity index (χ1v) is 15.9. The summed E-state index contributed by atoms with van der Waals surface area (Å²) in [6.45, 7) is 0.454. The van der Waals surface area contributed by atoms with Crippen molar-refractivity contribution in [3.63, 3.8) is 0 Å². The predicted octanol–water partition coefficient (Wildman–Crippen LogP) is 8.59. The monoisotopic (exact) mass is 739 g/mol. The lowest BCUT2D eigenvalue weighted by atomic mass is 10.1. The first-order valence-electron chi connectivity index (χ1n) is 13.6. The number of amides is 2. The van der Waals surface area contributed by atoms with E-state index in [4.69, 9.17) is 54.1 Å². The molecule has 232 valence electrons. The fourth-order valence-corrected chi connectivity index (χ4v) is 5.67. The van der Waals surface area contributed by atoms with Gasteiger partial charge in [0.25, 0.3) is 11.8 Å². The van der Waals surface area contributed by atoms with Gasteiger partial charge in [-0.15, -0.1) is 0 Å². The zero-order valence-corrected chi connectivity index (χ0v) is 27.4. The van der Waals surface area contributed by atoms with Gasteiger partial charge in [-0.05, 0) is 48.5 Å². The third-order valence-corrected chi connectivity index (χ3v) is 8.27. The second-order valence-corrected chi connectivity index (χ2v) is 11.8. The van der Waals surface area contributed by atoms with Crippen LogP contribution in [0.2, 0.25) is 15.1 Å². The average Bonchev–Trinajstić information content (AvgIpc) is 3.83. The van der Waals surface area contributed by atoms with E-state index in [1.54, 1.807) is 60.7 Å². The number of benzene rings is 4. The molecule has 0 saturated heterocycles. The molecule has 0 bridgehead atoms. The number of rotatable bonds is 4. The molecular formula is C32H21BrCl3N5O5. The van der Waals surface area contributed by atoms with Crippen LogP contribution in [0.25, 0.3) is 32.9 Å². The Bertz CT molecular complexity index is 2120. The van der Waals surface area contributed by atoms with Crippen molar-refractivity contribution in [2.45, 2.75) is 18.4 Å². The lowest BCUT2D eigenvalue weighted by molar-refractivity contribution is 0.0639. The standard InChI is InChI=1S/C16H9ClN2O3.C8H5BrClNO.C8H7ClN2O/c17-9-5-6-12-13(18-22-14(12)7-9)8-19-15(20)10-3-1-2-4-11(10)16(19)21;9-4-7-6-2-1-5(10)3-8(6)12-11-7;9-5-1-2-6-7(4-10)11-12-8(6)3-5/h1-7H,8H2;1-3H,4H2;1-3H,4,10H2. The van der Waals surface area contributed by atoms with Gasteiger partial charge in [0, 0.05) is 61.3 Å². The van der Waals surface area contributed by atoms with E-state index in [2.05, 4.69) is 31.4 Å². The van der Waals surface area contributed by atoms with Gasteiger partial charge in [0.2, 0.25) is 0 Å². The van der Waals surface area contributed by atoms with Crippen LogP contribution >= 0.6 is 50.7 Å². The maximum Gasteiger partial charge on any atom is 0.261 e. The quantitative estimate of drug-likeness (QED) is 0.139. The number of fused-ring (bicyclic) bond motifs is 4. The van der Waals surface area contributed by atoms with Crippen LogP contribution in [0.1, 0.15) is 37.8 Å². The summed E-state index contributed by atoms with van der Waals surface area (Å²) in [5.74, 6) is -0.628. The van der Waals surface area contributed by atoms with E-state index >= 15 is 0 Å². The summed E-state index contributed by atoms with van der Waals surface area (Å²) in [4.78, 5) is 25.9. The molecule has 4 heterocycles. The van der Waals surface area contributed by atoms with Crippen molar-refractivity contribution in [2.75, 3.05) is 0 Å². The Morgan fingerprint density at radius 2 is 1.04 bits per heavy atom. The van der Waals surface area contributed by atoms with Crippen molar-refractivity contribution < 1.29 is 23.2 Å². The van der Waals surface area contributed by atoms with E-state index in [-0.39, 0.29) is 18.4 Å². The average molecular weight is 742 g/mol. The highest BCUT2D eigenvalue weighted by Crippen LogP contribution is 2.28. The SMILES string of the molecule is Clc1ccc2c(CBr)noc2c1.NCc1noc2cc(Cl)ccc12.O=C1c2ccccc2C(=O)N1Cc1noc2cc(Cl)ccc12. The van der Waals surface area contributed by atoms with Crippen LogP contribution in [0.15, 0.2) is 92.4 Å². The Kier molecular flexibility index (Phi) is 9.39. The lowest BCUT2D eigenvalue weighted by Crippen LogP contribution is -2.29. The third-order valence-electron chi connectivity index (χ3n) is 7.03. The van der Waals surface area contributed by atoms with Crippen molar-refractivity contribution in [3.8, 4) is 0 Å². The zero-order valence-electron chi connectivity index (χ0n) is 23.5. The van der Waals surface area contributed by atoms with Crippen LogP contribution in [0, 0.1) is 0 Å². The minimum absolute atomic E-state index is 0.0704. The van der Waals surface area contributed by atoms with Gasteiger partial charge in [-0.1, -0.05) is 78.3 Å². The molecule has 0 unspecified atom stereocenters. The number of hydrogen-bond acceptors (Lipinski definition) is 9. The molecule has 3 aromatic heterocycles. The fourth-order valence-electron chi connectivity index (χ4n) is 4.78. The number of alkyl halides is 1. The predicted molar refractivity (Wildman–Crippen MR) is 178 cm³/mol. The largest absolute Gasteiger partial charge is 0.356 e. The summed E-state index contributed by atoms with van der Waals surface area (Å²) < 4.78 is 15.3. The highest BCUT2D eigenvalue weighted by molar-refractivity contribution is 9.08. The van der Waals surface area contributed by atoms with Crippen molar-refractivity contribution in [1.82, 2.24) is 20.4 Å². The number of nitrogens with zero attached hydrogens (tertiary/aromatic N) is 4. The molecule has 8 rings (SSSR count). The highest BCUT2D eigenvalue weighted by Gasteiger charge is 2.35. The lowest BCUT2D eigenvalue weighted by Gasteiger charge is -2.11. The molecule has 46 heavy (non-hydrogen) atoms. The number of hydrogen-bond donors (Lipinski definition) is 1. The second-order valence-electron chi connectivity index (χ2n) is 9.89. The molecule has 0 spiro atoms. The maximum atomic E-state index is 12.3. The van der Waals surface area contributed by atoms with Crippen molar-refractivity contribution in [3.05, 3.63) is 122 Å². The molecule has 1 aliphatic heterocycles. The van der Waals surface area contributed by atoms with E-state index in [1.807, 2.05) is 18.2 Å². The van der Waals surface area contributed by atoms with Crippen LogP contribution in [0.5, 0.6) is 0 Å². The van der Waals surface area contributed by atoms with Gasteiger partial charge in [0.05, 0.1) is 17.7 Å². The number of carbonyl (C=O) groups is 2. The Morgan fingerprint density at radius 1 is 0.630 bits per heavy atom. The highest BCUT2D eigenvalue weighted by atomic mass is 79.9. The second kappa shape index (κ2) is 13.6. The van der Waals surface area contributed by atoms with Crippen LogP contribution in [0.3, 0.4) is 0 Å². The molecule has 14 heteroatoms. The number of halogens is 4. The normalized spacial score (nSPS) is 12.3. The molecule has 2 amide bonds. The van der Waals surface area contributed by atoms with E-state index in [9.17, 15) is 9.59 Å². The molecule has 0 aliphatic carbocycles. The first kappa shape index (κ1) is 31.7. The van der Waals surface area contributed by atoms with E-state index in [0.717, 1.165) is 33.1 Å². The molecule has 0 saturated carbocycles. The van der Waals surface area contributed by atoms with Gasteiger partial charge < -0.3 is 19.3 Å². The molecule has 7 aromatic rings. The van der Waals surface area contributed by atoms with Gasteiger partial charge in [-0.2, -0.15) is 0 Å². The topological polar surface area (TPSA) is 141 Å². The maximum absolute atomic E-state index is 12.3. The summed E-state index contributed by atoms with van der Waals surface area (Å²) in [7, 11) is 0. The van der Waals surface area contributed by atoms with Crippen molar-refractivity contribution >= 4 is 95.5 Å². The zero-order chi connectivity index (χ0) is 32.4. The molecule has 1 aliphatic rings. The molecule has 2 N–H and O–H groups in total. The molecular weight excluding hydrogens is 721 g/mol. The fraction of sp³-hybridized carbons (Fsp3) is 0.0938. The summed E-state index contributed by atoms with van der Waals surface area (Å²) in [5.41, 5.74) is 10.4. The summed E-state index contributed by atoms with van der Waals surface area (Å²) in [6.07, 6.45) is 0. The number of carbonyl (C=O) groups excluding carboxylic acids is 2. The molecule has 10 nitrogen and oxygen atoms in total. The van der Waals surface area contributed by atoms with Gasteiger partial charge >= 0.3 is 0 Å². The van der Waals surface area contributed by atoms with Crippen molar-refractivity contribution in [1.29, 1.82) is 0 Å². The van der Waals surface area contributed by atoms with Crippen LogP contribution in [0.4, 0.5) is 0 Å². The Morgan fingerprint density at radius 3 is 1.50 bits per heavy atom. The van der Waals surface area contributed by atoms with Crippen LogP contribution in [-0.2, 0) is 18.4 Å². The minimum Gasteiger partial charge on any atom is -0.356 e. The third kappa shape index (κ3) is 6.37. The number of aromatic nitrogens is 3. The molecule has 0 atom stereocenters. The van der Waals surface area contributed by atoms with Gasteiger partial charge in [0.15, 0.2) is 16.7 Å². The Balaban J connectivity index is 0.000000132. The van der Waals surface area contributed by atoms with E-state index < -0.39 is 0 Å². The smallest absolute Gasteiger partial charge is 0.261 e. The van der Waals surface area contributed by atoms with Crippen LogP contribution in [-0.4, -0.2) is 32.2 Å². The van der Waals surface area contributed by atoms with Gasteiger partial charge in [0.1, 0.15) is 17.1 Å². The summed E-state index contributed by atoms with van der Waals surface area (Å²) in [6, 6.07) is 22.8. The first-order chi connectivity index (χ1) is 22.3. The summed E-state index contributed by atoms with van der Waals surface area (Å²) >= 11 is 20.7. The van der Waals surface area contributed by atoms with E-state index in [0.29, 0.717) is 54.9 Å². The minimum atomic E-state index is -0.314. The molecule has 0 radical (unpaired) electrons. The van der Waals surface area contributed by atoms with Crippen molar-refractivity contribution in [2.24, 2.45) is 5.73 Å². The van der Waals surface area contributed by atoms with Gasteiger partial charge in [-0.25, -0.2) is 0 Å². The van der Waals surface area contributed by atoms with E-state index in [1.165, 1.54) is 4.90 Å². The summed E-state index contributed by atoms with van der Waals surface area (Å²) in [5, 5.41) is 16.8. The number of imide groups is 1. The Hall–Kier alpha value is -4.26. The van der Waals surface area contributed by atoms with Crippen LogP contribution < -0.4 is 5.73 Å². The molecule has 4 aromatic carbocycles. The van der Waals surface area contributed by atoms with Gasteiger partial charge in [-0.3, -0.25) is 14.5 Å². The molecule has 0 fully saturated rings. The number of nitrogens with two attached hydrogens (primary N) is 1.